The summed E-state index contributed by atoms with van der Waals surface area (Å²) >= 11 is 0. The summed E-state index contributed by atoms with van der Waals surface area (Å²) in [5.41, 5.74) is 1.23. The van der Waals surface area contributed by atoms with E-state index in [0.717, 1.165) is 25.7 Å². The zero-order valence-electron chi connectivity index (χ0n) is 12.3. The highest BCUT2D eigenvalue weighted by atomic mass is 16.5. The minimum atomic E-state index is -0.231. The van der Waals surface area contributed by atoms with E-state index in [1.807, 2.05) is 0 Å². The first-order valence-electron chi connectivity index (χ1n) is 7.60. The summed E-state index contributed by atoms with van der Waals surface area (Å²) in [5, 5.41) is 0. The van der Waals surface area contributed by atoms with Crippen LogP contribution in [-0.4, -0.2) is 12.1 Å². The molecule has 0 heterocycles. The van der Waals surface area contributed by atoms with E-state index in [1.165, 1.54) is 44.6 Å². The first-order valence-corrected chi connectivity index (χ1v) is 7.60. The number of allylic oxidation sites excluding steroid dienone is 2. The summed E-state index contributed by atoms with van der Waals surface area (Å²) in [4.78, 5) is 11.1. The van der Waals surface area contributed by atoms with E-state index < -0.39 is 0 Å². The fraction of sp³-hybridized carbons (Fsp3) is 0.706. The highest BCUT2D eigenvalue weighted by molar-refractivity contribution is 5.66. The molecule has 0 aromatic carbocycles. The molecule has 0 N–H and O–H groups in total. The Bertz CT molecular complexity index is 357. The lowest BCUT2D eigenvalue weighted by atomic mass is 10.1. The van der Waals surface area contributed by atoms with Crippen molar-refractivity contribution in [3.05, 3.63) is 11.6 Å². The van der Waals surface area contributed by atoms with Crippen LogP contribution in [0.5, 0.6) is 0 Å². The maximum absolute atomic E-state index is 11.1. The van der Waals surface area contributed by atoms with E-state index in [1.54, 1.807) is 0 Å². The Kier molecular flexibility index (Phi) is 8.05. The number of carbonyl (C=O) groups is 1. The first kappa shape index (κ1) is 15.8. The van der Waals surface area contributed by atoms with Gasteiger partial charge in [0.15, 0.2) is 6.10 Å². The molecule has 0 saturated carbocycles. The lowest BCUT2D eigenvalue weighted by Crippen LogP contribution is -2.14. The van der Waals surface area contributed by atoms with Gasteiger partial charge in [0.25, 0.3) is 0 Å². The number of carbonyl (C=O) groups excluding carboxylic acids is 1. The van der Waals surface area contributed by atoms with E-state index in [4.69, 9.17) is 4.74 Å². The van der Waals surface area contributed by atoms with Crippen molar-refractivity contribution in [2.75, 3.05) is 0 Å². The minimum Gasteiger partial charge on any atom is -0.449 e. The molecule has 0 amide bonds. The quantitative estimate of drug-likeness (QED) is 0.417. The van der Waals surface area contributed by atoms with E-state index in [0.29, 0.717) is 0 Å². The molecule has 0 saturated heterocycles. The van der Waals surface area contributed by atoms with Crippen LogP contribution in [0.2, 0.25) is 0 Å². The van der Waals surface area contributed by atoms with Crippen LogP contribution in [-0.2, 0) is 9.53 Å². The molecule has 0 radical (unpaired) electrons. The molecule has 1 rings (SSSR count). The van der Waals surface area contributed by atoms with Gasteiger partial charge in [0.05, 0.1) is 0 Å². The van der Waals surface area contributed by atoms with Gasteiger partial charge in [-0.2, -0.15) is 0 Å². The Morgan fingerprint density at radius 2 is 2.21 bits per heavy atom. The van der Waals surface area contributed by atoms with Gasteiger partial charge in [-0.3, -0.25) is 4.79 Å². The molecular weight excluding hydrogens is 236 g/mol. The standard InChI is InChI=1S/C17H26O2/c1-3-4-7-12-17(19-15(2)18)14-13-16-10-8-5-6-9-11-16/h10,17H,3-9,11-12H2,1-2H3. The topological polar surface area (TPSA) is 26.3 Å². The lowest BCUT2D eigenvalue weighted by molar-refractivity contribution is -0.144. The molecule has 1 atom stereocenters. The summed E-state index contributed by atoms with van der Waals surface area (Å²) in [6.45, 7) is 3.63. The van der Waals surface area contributed by atoms with Gasteiger partial charge in [0.2, 0.25) is 0 Å². The second-order valence-electron chi connectivity index (χ2n) is 5.19. The normalized spacial score (nSPS) is 16.6. The van der Waals surface area contributed by atoms with Crippen LogP contribution in [0.25, 0.3) is 0 Å². The molecular formula is C17H26O2. The third kappa shape index (κ3) is 7.72. The average molecular weight is 262 g/mol. The van der Waals surface area contributed by atoms with Crippen molar-refractivity contribution in [1.29, 1.82) is 0 Å². The molecule has 2 heteroatoms. The molecule has 1 aliphatic rings. The van der Waals surface area contributed by atoms with Crippen LogP contribution in [0.15, 0.2) is 11.6 Å². The van der Waals surface area contributed by atoms with Gasteiger partial charge in [-0.15, -0.1) is 0 Å². The smallest absolute Gasteiger partial charge is 0.303 e. The van der Waals surface area contributed by atoms with Gasteiger partial charge in [0, 0.05) is 6.92 Å². The number of hydrogen-bond acceptors (Lipinski definition) is 2. The highest BCUT2D eigenvalue weighted by Gasteiger charge is 2.08. The summed E-state index contributed by atoms with van der Waals surface area (Å²) in [5.74, 6) is 6.14. The van der Waals surface area contributed by atoms with Gasteiger partial charge < -0.3 is 4.74 Å². The molecule has 1 aliphatic carbocycles. The zero-order chi connectivity index (χ0) is 13.9. The Hall–Kier alpha value is -1.23. The Morgan fingerprint density at radius 1 is 1.37 bits per heavy atom. The lowest BCUT2D eigenvalue weighted by Gasteiger charge is -2.10. The van der Waals surface area contributed by atoms with Gasteiger partial charge in [-0.1, -0.05) is 44.1 Å². The van der Waals surface area contributed by atoms with Crippen molar-refractivity contribution in [2.45, 2.75) is 77.7 Å². The second-order valence-corrected chi connectivity index (χ2v) is 5.19. The van der Waals surface area contributed by atoms with E-state index >= 15 is 0 Å². The van der Waals surface area contributed by atoms with Gasteiger partial charge in [-0.25, -0.2) is 0 Å². The van der Waals surface area contributed by atoms with Gasteiger partial charge in [-0.05, 0) is 44.1 Å². The van der Waals surface area contributed by atoms with Gasteiger partial charge >= 0.3 is 5.97 Å². The number of hydrogen-bond donors (Lipinski definition) is 0. The maximum Gasteiger partial charge on any atom is 0.303 e. The van der Waals surface area contributed by atoms with Crippen LogP contribution < -0.4 is 0 Å². The van der Waals surface area contributed by atoms with E-state index in [9.17, 15) is 4.79 Å². The third-order valence-corrected chi connectivity index (χ3v) is 3.31. The van der Waals surface area contributed by atoms with Crippen molar-refractivity contribution in [3.8, 4) is 11.8 Å². The third-order valence-electron chi connectivity index (χ3n) is 3.31. The van der Waals surface area contributed by atoms with Crippen LogP contribution in [0.1, 0.15) is 71.6 Å². The molecule has 106 valence electrons. The Morgan fingerprint density at radius 3 is 2.95 bits per heavy atom. The molecule has 0 aromatic heterocycles. The Balaban J connectivity index is 2.54. The van der Waals surface area contributed by atoms with Crippen LogP contribution in [0.3, 0.4) is 0 Å². The molecule has 1 unspecified atom stereocenters. The number of unbranched alkanes of at least 4 members (excludes halogenated alkanes) is 2. The number of rotatable bonds is 5. The predicted molar refractivity (Wildman–Crippen MR) is 78.6 cm³/mol. The fourth-order valence-corrected chi connectivity index (χ4v) is 2.24. The van der Waals surface area contributed by atoms with Crippen molar-refractivity contribution in [1.82, 2.24) is 0 Å². The van der Waals surface area contributed by atoms with Crippen molar-refractivity contribution in [2.24, 2.45) is 0 Å². The average Bonchev–Trinajstić information content (AvgIpc) is 2.64. The van der Waals surface area contributed by atoms with Crippen molar-refractivity contribution < 1.29 is 9.53 Å². The monoisotopic (exact) mass is 262 g/mol. The number of esters is 1. The number of ether oxygens (including phenoxy) is 1. The summed E-state index contributed by atoms with van der Waals surface area (Å²) in [6, 6.07) is 0. The largest absolute Gasteiger partial charge is 0.449 e. The summed E-state index contributed by atoms with van der Waals surface area (Å²) in [6.07, 6.45) is 12.3. The molecule has 2 nitrogen and oxygen atoms in total. The second kappa shape index (κ2) is 9.67. The van der Waals surface area contributed by atoms with Gasteiger partial charge in [0.1, 0.15) is 0 Å². The highest BCUT2D eigenvalue weighted by Crippen LogP contribution is 2.16. The van der Waals surface area contributed by atoms with Crippen molar-refractivity contribution in [3.63, 3.8) is 0 Å². The van der Waals surface area contributed by atoms with Crippen molar-refractivity contribution >= 4 is 5.97 Å². The molecule has 0 bridgehead atoms. The summed E-state index contributed by atoms with van der Waals surface area (Å²) in [7, 11) is 0. The molecule has 0 aliphatic heterocycles. The predicted octanol–water partition coefficient (Wildman–Crippen LogP) is 4.39. The van der Waals surface area contributed by atoms with Crippen LogP contribution >= 0.6 is 0 Å². The fourth-order valence-electron chi connectivity index (χ4n) is 2.24. The first-order chi connectivity index (χ1) is 9.22. The molecule has 19 heavy (non-hydrogen) atoms. The maximum atomic E-state index is 11.1. The molecule has 0 aromatic rings. The minimum absolute atomic E-state index is 0.229. The Labute approximate surface area is 117 Å². The van der Waals surface area contributed by atoms with Crippen LogP contribution in [0, 0.1) is 11.8 Å². The van der Waals surface area contributed by atoms with E-state index in [-0.39, 0.29) is 12.1 Å². The zero-order valence-corrected chi connectivity index (χ0v) is 12.3. The SMILES string of the molecule is CCCCCC(C#CC1=CCCCCC1)OC(C)=O. The molecule has 0 fully saturated rings. The van der Waals surface area contributed by atoms with E-state index in [2.05, 4.69) is 24.8 Å². The molecule has 0 spiro atoms. The summed E-state index contributed by atoms with van der Waals surface area (Å²) < 4.78 is 5.28. The van der Waals surface area contributed by atoms with Crippen LogP contribution in [0.4, 0.5) is 0 Å².